The number of nitrogens with zero attached hydrogens (tertiary/aromatic N) is 1. The lowest BCUT2D eigenvalue weighted by Gasteiger charge is -2.27. The number of carbonyl (C=O) groups is 1. The molecule has 0 aliphatic heterocycles. The summed E-state index contributed by atoms with van der Waals surface area (Å²) in [6.45, 7) is 0. The van der Waals surface area contributed by atoms with Gasteiger partial charge in [0.15, 0.2) is 11.6 Å². The average molecular weight is 307 g/mol. The van der Waals surface area contributed by atoms with Crippen molar-refractivity contribution in [3.8, 4) is 5.75 Å². The standard InChI is InChI=1S/C18H26FNO2/c1-20(15-7-5-3-4-6-8-15)18(21)12-10-14-9-11-17(22-2)16(19)13-14/h9,11,13,15H,3-8,10,12H2,1-2H3. The van der Waals surface area contributed by atoms with Crippen LogP contribution in [0, 0.1) is 5.82 Å². The van der Waals surface area contributed by atoms with Crippen LogP contribution >= 0.6 is 0 Å². The molecule has 0 radical (unpaired) electrons. The summed E-state index contributed by atoms with van der Waals surface area (Å²) in [6, 6.07) is 5.27. The largest absolute Gasteiger partial charge is 0.494 e. The van der Waals surface area contributed by atoms with E-state index in [1.54, 1.807) is 6.07 Å². The van der Waals surface area contributed by atoms with E-state index in [2.05, 4.69) is 0 Å². The molecule has 1 saturated carbocycles. The highest BCUT2D eigenvalue weighted by atomic mass is 19.1. The fourth-order valence-corrected chi connectivity index (χ4v) is 3.14. The molecular weight excluding hydrogens is 281 g/mol. The van der Waals surface area contributed by atoms with Gasteiger partial charge in [-0.05, 0) is 37.0 Å². The van der Waals surface area contributed by atoms with Crippen molar-refractivity contribution in [2.75, 3.05) is 14.2 Å². The highest BCUT2D eigenvalue weighted by Crippen LogP contribution is 2.22. The fourth-order valence-electron chi connectivity index (χ4n) is 3.14. The molecule has 3 nitrogen and oxygen atoms in total. The molecule has 1 aromatic rings. The third-order valence-electron chi connectivity index (χ3n) is 4.61. The van der Waals surface area contributed by atoms with Crippen LogP contribution in [-0.4, -0.2) is 31.0 Å². The predicted molar refractivity (Wildman–Crippen MR) is 85.5 cm³/mol. The molecule has 0 N–H and O–H groups in total. The van der Waals surface area contributed by atoms with E-state index >= 15 is 0 Å². The van der Waals surface area contributed by atoms with Crippen molar-refractivity contribution in [1.29, 1.82) is 0 Å². The Balaban J connectivity index is 1.87. The predicted octanol–water partition coefficient (Wildman–Crippen LogP) is 3.95. The Morgan fingerprint density at radius 1 is 1.27 bits per heavy atom. The van der Waals surface area contributed by atoms with Gasteiger partial charge in [-0.15, -0.1) is 0 Å². The first-order valence-corrected chi connectivity index (χ1v) is 8.20. The third-order valence-corrected chi connectivity index (χ3v) is 4.61. The fraction of sp³-hybridized carbons (Fsp3) is 0.611. The van der Waals surface area contributed by atoms with E-state index < -0.39 is 0 Å². The van der Waals surface area contributed by atoms with Crippen molar-refractivity contribution in [3.63, 3.8) is 0 Å². The van der Waals surface area contributed by atoms with Gasteiger partial charge in [-0.2, -0.15) is 0 Å². The Morgan fingerprint density at radius 2 is 1.95 bits per heavy atom. The van der Waals surface area contributed by atoms with Gasteiger partial charge in [-0.25, -0.2) is 4.39 Å². The molecule has 1 aromatic carbocycles. The van der Waals surface area contributed by atoms with Crippen LogP contribution in [0.1, 0.15) is 50.5 Å². The molecule has 0 atom stereocenters. The van der Waals surface area contributed by atoms with Gasteiger partial charge in [-0.1, -0.05) is 31.7 Å². The van der Waals surface area contributed by atoms with E-state index in [0.29, 0.717) is 18.9 Å². The van der Waals surface area contributed by atoms with Crippen molar-refractivity contribution in [1.82, 2.24) is 4.90 Å². The second-order valence-electron chi connectivity index (χ2n) is 6.12. The minimum absolute atomic E-state index is 0.156. The molecule has 22 heavy (non-hydrogen) atoms. The quantitative estimate of drug-likeness (QED) is 0.771. The molecule has 0 spiro atoms. The van der Waals surface area contributed by atoms with Gasteiger partial charge in [-0.3, -0.25) is 4.79 Å². The van der Waals surface area contributed by atoms with Crippen LogP contribution in [0.2, 0.25) is 0 Å². The first-order chi connectivity index (χ1) is 10.6. The number of halogens is 1. The maximum Gasteiger partial charge on any atom is 0.222 e. The van der Waals surface area contributed by atoms with Crippen LogP contribution < -0.4 is 4.74 Å². The van der Waals surface area contributed by atoms with Gasteiger partial charge >= 0.3 is 0 Å². The van der Waals surface area contributed by atoms with Crippen molar-refractivity contribution < 1.29 is 13.9 Å². The van der Waals surface area contributed by atoms with Crippen LogP contribution in [0.3, 0.4) is 0 Å². The summed E-state index contributed by atoms with van der Waals surface area (Å²) < 4.78 is 18.6. The maximum absolute atomic E-state index is 13.6. The molecule has 122 valence electrons. The summed E-state index contributed by atoms with van der Waals surface area (Å²) in [5.41, 5.74) is 0.834. The first kappa shape index (κ1) is 16.8. The molecule has 1 amide bonds. The number of methoxy groups -OCH3 is 1. The molecule has 0 heterocycles. The number of hydrogen-bond donors (Lipinski definition) is 0. The maximum atomic E-state index is 13.6. The lowest BCUT2D eigenvalue weighted by molar-refractivity contribution is -0.132. The third kappa shape index (κ3) is 4.46. The van der Waals surface area contributed by atoms with Crippen molar-refractivity contribution >= 4 is 5.91 Å². The molecule has 1 fully saturated rings. The highest BCUT2D eigenvalue weighted by Gasteiger charge is 2.20. The van der Waals surface area contributed by atoms with Gasteiger partial charge in [0.05, 0.1) is 7.11 Å². The normalized spacial score (nSPS) is 16.1. The van der Waals surface area contributed by atoms with Crippen molar-refractivity contribution in [2.24, 2.45) is 0 Å². The van der Waals surface area contributed by atoms with E-state index in [9.17, 15) is 9.18 Å². The van der Waals surface area contributed by atoms with E-state index in [0.717, 1.165) is 18.4 Å². The van der Waals surface area contributed by atoms with Gasteiger partial charge < -0.3 is 9.64 Å². The molecule has 4 heteroatoms. The summed E-state index contributed by atoms with van der Waals surface area (Å²) in [6.07, 6.45) is 8.21. The Labute approximate surface area is 132 Å². The number of aryl methyl sites for hydroxylation is 1. The Hall–Kier alpha value is -1.58. The topological polar surface area (TPSA) is 29.5 Å². The van der Waals surface area contributed by atoms with Crippen LogP contribution in [0.4, 0.5) is 4.39 Å². The zero-order valence-corrected chi connectivity index (χ0v) is 13.6. The monoisotopic (exact) mass is 307 g/mol. The van der Waals surface area contributed by atoms with Gasteiger partial charge in [0, 0.05) is 19.5 Å². The second kappa shape index (κ2) is 8.16. The van der Waals surface area contributed by atoms with Crippen molar-refractivity contribution in [3.05, 3.63) is 29.6 Å². The van der Waals surface area contributed by atoms with Crippen molar-refractivity contribution in [2.45, 2.75) is 57.4 Å². The van der Waals surface area contributed by atoms with Gasteiger partial charge in [0.25, 0.3) is 0 Å². The summed E-state index contributed by atoms with van der Waals surface area (Å²) >= 11 is 0. The Bertz CT molecular complexity index is 496. The van der Waals surface area contributed by atoms with Crippen LogP contribution in [-0.2, 0) is 11.2 Å². The molecule has 0 unspecified atom stereocenters. The number of amides is 1. The molecule has 2 rings (SSSR count). The second-order valence-corrected chi connectivity index (χ2v) is 6.12. The smallest absolute Gasteiger partial charge is 0.222 e. The SMILES string of the molecule is COc1ccc(CCC(=O)N(C)C2CCCCCC2)cc1F. The number of benzene rings is 1. The minimum atomic E-state index is -0.371. The molecule has 0 saturated heterocycles. The number of carbonyl (C=O) groups excluding carboxylic acids is 1. The van der Waals surface area contributed by atoms with E-state index in [-0.39, 0.29) is 17.5 Å². The Kier molecular flexibility index (Phi) is 6.22. The van der Waals surface area contributed by atoms with E-state index in [1.807, 2.05) is 18.0 Å². The highest BCUT2D eigenvalue weighted by molar-refractivity contribution is 5.76. The van der Waals surface area contributed by atoms with E-state index in [4.69, 9.17) is 4.74 Å². The summed E-state index contributed by atoms with van der Waals surface area (Å²) in [5.74, 6) is 0.0262. The molecule has 1 aliphatic carbocycles. The van der Waals surface area contributed by atoms with Crippen LogP contribution in [0.15, 0.2) is 18.2 Å². The zero-order chi connectivity index (χ0) is 15.9. The summed E-state index contributed by atoms with van der Waals surface area (Å²) in [5, 5.41) is 0. The van der Waals surface area contributed by atoms with Crippen LogP contribution in [0.25, 0.3) is 0 Å². The molecule has 1 aliphatic rings. The van der Waals surface area contributed by atoms with Gasteiger partial charge in [0.1, 0.15) is 0 Å². The zero-order valence-electron chi connectivity index (χ0n) is 13.6. The van der Waals surface area contributed by atoms with Gasteiger partial charge in [0.2, 0.25) is 5.91 Å². The lowest BCUT2D eigenvalue weighted by Crippen LogP contribution is -2.36. The summed E-state index contributed by atoms with van der Waals surface area (Å²) in [4.78, 5) is 14.3. The number of ether oxygens (including phenoxy) is 1. The first-order valence-electron chi connectivity index (χ1n) is 8.20. The molecular formula is C18H26FNO2. The molecule has 0 bridgehead atoms. The van der Waals surface area contributed by atoms with E-state index in [1.165, 1.54) is 38.9 Å². The van der Waals surface area contributed by atoms with Crippen LogP contribution in [0.5, 0.6) is 5.75 Å². The lowest BCUT2D eigenvalue weighted by atomic mass is 10.1. The minimum Gasteiger partial charge on any atom is -0.494 e. The Morgan fingerprint density at radius 3 is 2.55 bits per heavy atom. The number of rotatable bonds is 5. The number of hydrogen-bond acceptors (Lipinski definition) is 2. The average Bonchev–Trinajstić information content (AvgIpc) is 2.81. The molecule has 0 aromatic heterocycles. The summed E-state index contributed by atoms with van der Waals surface area (Å²) in [7, 11) is 3.36.